The number of rotatable bonds is 9. The van der Waals surface area contributed by atoms with Crippen molar-refractivity contribution in [1.82, 2.24) is 5.32 Å². The fourth-order valence-corrected chi connectivity index (χ4v) is 1.46. The predicted octanol–water partition coefficient (Wildman–Crippen LogP) is 3.98. The summed E-state index contributed by atoms with van der Waals surface area (Å²) in [6.45, 7) is 11.7. The van der Waals surface area contributed by atoms with Crippen molar-refractivity contribution >= 4 is 0 Å². The number of hydrogen-bond acceptors (Lipinski definition) is 1. The highest BCUT2D eigenvalue weighted by Gasteiger charge is 2.13. The summed E-state index contributed by atoms with van der Waals surface area (Å²) in [4.78, 5) is 0. The zero-order chi connectivity index (χ0) is 10.9. The molecule has 0 bridgehead atoms. The Bertz CT molecular complexity index is 118. The smallest absolute Gasteiger partial charge is 0.00489 e. The van der Waals surface area contributed by atoms with Gasteiger partial charge in [-0.15, -0.1) is 0 Å². The van der Waals surface area contributed by atoms with Gasteiger partial charge in [-0.25, -0.2) is 0 Å². The molecule has 0 aromatic rings. The Hall–Kier alpha value is -0.0400. The first-order valence-electron chi connectivity index (χ1n) is 6.33. The lowest BCUT2D eigenvalue weighted by molar-refractivity contribution is 0.308. The van der Waals surface area contributed by atoms with Gasteiger partial charge in [0.15, 0.2) is 0 Å². The van der Waals surface area contributed by atoms with E-state index >= 15 is 0 Å². The van der Waals surface area contributed by atoms with Crippen LogP contribution in [-0.2, 0) is 0 Å². The van der Waals surface area contributed by atoms with Gasteiger partial charge in [0.25, 0.3) is 0 Å². The molecule has 0 heterocycles. The Labute approximate surface area is 90.7 Å². The second-order valence-electron chi connectivity index (χ2n) is 5.08. The Morgan fingerprint density at radius 2 is 1.57 bits per heavy atom. The molecule has 0 fully saturated rings. The van der Waals surface area contributed by atoms with Gasteiger partial charge in [-0.1, -0.05) is 47.0 Å². The highest BCUT2D eigenvalue weighted by Crippen LogP contribution is 2.26. The third-order valence-corrected chi connectivity index (χ3v) is 3.12. The largest absolute Gasteiger partial charge is 0.317 e. The molecule has 0 unspecified atom stereocenters. The Morgan fingerprint density at radius 3 is 2.14 bits per heavy atom. The van der Waals surface area contributed by atoms with Crippen LogP contribution in [0, 0.1) is 5.41 Å². The third kappa shape index (κ3) is 8.55. The summed E-state index contributed by atoms with van der Waals surface area (Å²) in [5.74, 6) is 0. The van der Waals surface area contributed by atoms with Crippen LogP contribution in [0.25, 0.3) is 0 Å². The normalized spacial score (nSPS) is 12.0. The van der Waals surface area contributed by atoms with Crippen LogP contribution in [0.4, 0.5) is 0 Å². The first-order valence-corrected chi connectivity index (χ1v) is 6.33. The van der Waals surface area contributed by atoms with Gasteiger partial charge in [0.05, 0.1) is 0 Å². The Morgan fingerprint density at radius 1 is 0.929 bits per heavy atom. The molecule has 1 heteroatoms. The summed E-state index contributed by atoms with van der Waals surface area (Å²) in [5.41, 5.74) is 0.559. The minimum Gasteiger partial charge on any atom is -0.317 e. The van der Waals surface area contributed by atoms with E-state index < -0.39 is 0 Å². The predicted molar refractivity (Wildman–Crippen MR) is 65.7 cm³/mol. The highest BCUT2D eigenvalue weighted by molar-refractivity contribution is 4.66. The maximum absolute atomic E-state index is 3.49. The molecule has 1 N–H and O–H groups in total. The summed E-state index contributed by atoms with van der Waals surface area (Å²) in [6.07, 6.45) is 8.01. The second kappa shape index (κ2) is 8.28. The van der Waals surface area contributed by atoms with Crippen LogP contribution in [-0.4, -0.2) is 13.1 Å². The fraction of sp³-hybridized carbons (Fsp3) is 1.00. The van der Waals surface area contributed by atoms with E-state index in [2.05, 4.69) is 33.0 Å². The summed E-state index contributed by atoms with van der Waals surface area (Å²) in [5, 5.41) is 3.49. The van der Waals surface area contributed by atoms with E-state index in [0.717, 1.165) is 0 Å². The Balaban J connectivity index is 3.13. The lowest BCUT2D eigenvalue weighted by Crippen LogP contribution is -2.17. The lowest BCUT2D eigenvalue weighted by atomic mass is 9.85. The summed E-state index contributed by atoms with van der Waals surface area (Å²) >= 11 is 0. The maximum atomic E-state index is 3.49. The molecule has 0 aliphatic heterocycles. The van der Waals surface area contributed by atoms with E-state index in [1.807, 2.05) is 0 Å². The molecule has 0 saturated heterocycles. The molecule has 1 nitrogen and oxygen atoms in total. The van der Waals surface area contributed by atoms with Gasteiger partial charge in [-0.2, -0.15) is 0 Å². The van der Waals surface area contributed by atoms with Gasteiger partial charge in [0, 0.05) is 0 Å². The van der Waals surface area contributed by atoms with Gasteiger partial charge in [-0.05, 0) is 37.8 Å². The standard InChI is InChI=1S/C13H29N/c1-5-7-11-14-12-9-8-10-13(3,4)6-2/h14H,5-12H2,1-4H3. The average molecular weight is 199 g/mol. The van der Waals surface area contributed by atoms with Gasteiger partial charge >= 0.3 is 0 Å². The van der Waals surface area contributed by atoms with Gasteiger partial charge in [0.1, 0.15) is 0 Å². The van der Waals surface area contributed by atoms with Crippen LogP contribution in [0.15, 0.2) is 0 Å². The molecule has 0 saturated carbocycles. The molecule has 0 atom stereocenters. The molecule has 0 aliphatic carbocycles. The molecule has 0 aromatic carbocycles. The van der Waals surface area contributed by atoms with Crippen LogP contribution in [0.5, 0.6) is 0 Å². The number of hydrogen-bond donors (Lipinski definition) is 1. The quantitative estimate of drug-likeness (QED) is 0.554. The highest BCUT2D eigenvalue weighted by atomic mass is 14.8. The summed E-state index contributed by atoms with van der Waals surface area (Å²) in [7, 11) is 0. The number of unbranched alkanes of at least 4 members (excludes halogenated alkanes) is 2. The van der Waals surface area contributed by atoms with Crippen LogP contribution in [0.1, 0.15) is 66.2 Å². The molecule has 14 heavy (non-hydrogen) atoms. The van der Waals surface area contributed by atoms with E-state index in [4.69, 9.17) is 0 Å². The van der Waals surface area contributed by atoms with Crippen molar-refractivity contribution in [2.75, 3.05) is 13.1 Å². The van der Waals surface area contributed by atoms with Crippen molar-refractivity contribution in [3.63, 3.8) is 0 Å². The van der Waals surface area contributed by atoms with Crippen LogP contribution >= 0.6 is 0 Å². The molecular formula is C13H29N. The van der Waals surface area contributed by atoms with Crippen molar-refractivity contribution in [1.29, 1.82) is 0 Å². The van der Waals surface area contributed by atoms with E-state index in [0.29, 0.717) is 5.41 Å². The molecule has 0 aromatic heterocycles. The first kappa shape index (κ1) is 14.0. The summed E-state index contributed by atoms with van der Waals surface area (Å²) in [6, 6.07) is 0. The van der Waals surface area contributed by atoms with Crippen molar-refractivity contribution in [3.05, 3.63) is 0 Å². The van der Waals surface area contributed by atoms with Crippen LogP contribution in [0.2, 0.25) is 0 Å². The first-order chi connectivity index (χ1) is 6.62. The monoisotopic (exact) mass is 199 g/mol. The van der Waals surface area contributed by atoms with Crippen molar-refractivity contribution in [3.8, 4) is 0 Å². The van der Waals surface area contributed by atoms with E-state index in [1.54, 1.807) is 0 Å². The van der Waals surface area contributed by atoms with Crippen molar-refractivity contribution < 1.29 is 0 Å². The molecule has 86 valence electrons. The molecular weight excluding hydrogens is 170 g/mol. The molecule has 0 spiro atoms. The second-order valence-corrected chi connectivity index (χ2v) is 5.08. The lowest BCUT2D eigenvalue weighted by Gasteiger charge is -2.22. The summed E-state index contributed by atoms with van der Waals surface area (Å²) < 4.78 is 0. The third-order valence-electron chi connectivity index (χ3n) is 3.12. The fourth-order valence-electron chi connectivity index (χ4n) is 1.46. The minimum atomic E-state index is 0.559. The number of nitrogens with one attached hydrogen (secondary N) is 1. The van der Waals surface area contributed by atoms with Crippen molar-refractivity contribution in [2.45, 2.75) is 66.2 Å². The van der Waals surface area contributed by atoms with E-state index in [1.165, 1.54) is 51.6 Å². The molecule has 0 amide bonds. The average Bonchev–Trinajstić information content (AvgIpc) is 2.16. The van der Waals surface area contributed by atoms with Crippen LogP contribution in [0.3, 0.4) is 0 Å². The zero-order valence-corrected chi connectivity index (χ0v) is 10.7. The van der Waals surface area contributed by atoms with Gasteiger partial charge < -0.3 is 5.32 Å². The Kier molecular flexibility index (Phi) is 8.26. The van der Waals surface area contributed by atoms with Crippen LogP contribution < -0.4 is 5.32 Å². The maximum Gasteiger partial charge on any atom is -0.00489 e. The van der Waals surface area contributed by atoms with Gasteiger partial charge in [0.2, 0.25) is 0 Å². The van der Waals surface area contributed by atoms with Gasteiger partial charge in [-0.3, -0.25) is 0 Å². The zero-order valence-electron chi connectivity index (χ0n) is 10.7. The minimum absolute atomic E-state index is 0.559. The molecule has 0 radical (unpaired) electrons. The molecule has 0 aliphatic rings. The topological polar surface area (TPSA) is 12.0 Å². The molecule has 0 rings (SSSR count). The SMILES string of the molecule is CCCCNCCCCC(C)(C)CC. The van der Waals surface area contributed by atoms with Crippen molar-refractivity contribution in [2.24, 2.45) is 5.41 Å². The van der Waals surface area contributed by atoms with E-state index in [-0.39, 0.29) is 0 Å². The van der Waals surface area contributed by atoms with E-state index in [9.17, 15) is 0 Å².